The van der Waals surface area contributed by atoms with Crippen LogP contribution in [0.15, 0.2) is 66.7 Å². The SMILES string of the molecule is O=C1NCc2c(Oc3ccccc3)ccc(-c3cc4cc(CN5CCCCC5)ccc4[nH]3)c21. The van der Waals surface area contributed by atoms with Crippen LogP contribution >= 0.6 is 0 Å². The van der Waals surface area contributed by atoms with Crippen molar-refractivity contribution in [2.24, 2.45) is 0 Å². The van der Waals surface area contributed by atoms with Gasteiger partial charge in [0.25, 0.3) is 5.91 Å². The molecular formula is C28H27N3O2. The highest BCUT2D eigenvalue weighted by Gasteiger charge is 2.27. The number of para-hydroxylation sites is 1. The van der Waals surface area contributed by atoms with Crippen LogP contribution in [0.4, 0.5) is 0 Å². The van der Waals surface area contributed by atoms with Gasteiger partial charge >= 0.3 is 0 Å². The molecule has 1 saturated heterocycles. The maximum atomic E-state index is 12.8. The Bertz CT molecular complexity index is 1320. The first-order valence-corrected chi connectivity index (χ1v) is 11.8. The van der Waals surface area contributed by atoms with Crippen molar-refractivity contribution >= 4 is 16.8 Å². The van der Waals surface area contributed by atoms with Crippen LogP contribution in [0, 0.1) is 0 Å². The fourth-order valence-electron chi connectivity index (χ4n) is 5.06. The van der Waals surface area contributed by atoms with E-state index in [0.29, 0.717) is 12.1 Å². The third-order valence-electron chi connectivity index (χ3n) is 6.72. The summed E-state index contributed by atoms with van der Waals surface area (Å²) in [4.78, 5) is 18.8. The van der Waals surface area contributed by atoms with E-state index >= 15 is 0 Å². The number of benzene rings is 3. The van der Waals surface area contributed by atoms with Crippen molar-refractivity contribution in [3.63, 3.8) is 0 Å². The van der Waals surface area contributed by atoms with E-state index in [2.05, 4.69) is 39.5 Å². The molecule has 3 aromatic carbocycles. The number of carbonyl (C=O) groups is 1. The van der Waals surface area contributed by atoms with Gasteiger partial charge in [0, 0.05) is 40.8 Å². The van der Waals surface area contributed by atoms with E-state index in [4.69, 9.17) is 4.74 Å². The lowest BCUT2D eigenvalue weighted by atomic mass is 9.99. The number of H-pyrrole nitrogens is 1. The molecule has 2 N–H and O–H groups in total. The number of likely N-dealkylation sites (tertiary alicyclic amines) is 1. The lowest BCUT2D eigenvalue weighted by Crippen LogP contribution is -2.28. The number of aromatic nitrogens is 1. The Morgan fingerprint density at radius 2 is 1.76 bits per heavy atom. The van der Waals surface area contributed by atoms with Gasteiger partial charge in [-0.2, -0.15) is 0 Å². The number of nitrogens with one attached hydrogen (secondary N) is 2. The van der Waals surface area contributed by atoms with Crippen molar-refractivity contribution in [2.45, 2.75) is 32.4 Å². The molecular weight excluding hydrogens is 410 g/mol. The quantitative estimate of drug-likeness (QED) is 0.411. The summed E-state index contributed by atoms with van der Waals surface area (Å²) in [6.45, 7) is 3.86. The third kappa shape index (κ3) is 3.89. The smallest absolute Gasteiger partial charge is 0.252 e. The number of hydrogen-bond donors (Lipinski definition) is 2. The zero-order valence-corrected chi connectivity index (χ0v) is 18.6. The number of aromatic amines is 1. The Morgan fingerprint density at radius 3 is 2.61 bits per heavy atom. The highest BCUT2D eigenvalue weighted by molar-refractivity contribution is 6.06. The second kappa shape index (κ2) is 8.41. The van der Waals surface area contributed by atoms with Crippen molar-refractivity contribution < 1.29 is 9.53 Å². The van der Waals surface area contributed by atoms with Gasteiger partial charge in [0.05, 0.1) is 5.56 Å². The largest absolute Gasteiger partial charge is 0.457 e. The molecule has 0 aliphatic carbocycles. The molecule has 166 valence electrons. The highest BCUT2D eigenvalue weighted by Crippen LogP contribution is 2.37. The molecule has 5 heteroatoms. The van der Waals surface area contributed by atoms with E-state index in [1.54, 1.807) is 0 Å². The number of ether oxygens (including phenoxy) is 1. The Balaban J connectivity index is 1.34. The number of carbonyl (C=O) groups excluding carboxylic acids is 1. The van der Waals surface area contributed by atoms with Gasteiger partial charge in [-0.15, -0.1) is 0 Å². The average Bonchev–Trinajstić information content (AvgIpc) is 3.45. The molecule has 4 aromatic rings. The molecule has 0 spiro atoms. The van der Waals surface area contributed by atoms with Gasteiger partial charge in [0.2, 0.25) is 0 Å². The van der Waals surface area contributed by atoms with E-state index in [1.807, 2.05) is 42.5 Å². The Labute approximate surface area is 193 Å². The molecule has 33 heavy (non-hydrogen) atoms. The molecule has 2 aliphatic rings. The van der Waals surface area contributed by atoms with Crippen LogP contribution < -0.4 is 10.1 Å². The molecule has 1 amide bonds. The second-order valence-electron chi connectivity index (χ2n) is 9.00. The predicted molar refractivity (Wildman–Crippen MR) is 131 cm³/mol. The van der Waals surface area contributed by atoms with E-state index < -0.39 is 0 Å². The molecule has 0 bridgehead atoms. The zero-order chi connectivity index (χ0) is 22.2. The lowest BCUT2D eigenvalue weighted by Gasteiger charge is -2.26. The summed E-state index contributed by atoms with van der Waals surface area (Å²) >= 11 is 0. The second-order valence-corrected chi connectivity index (χ2v) is 9.00. The number of amides is 1. The first-order valence-electron chi connectivity index (χ1n) is 11.8. The highest BCUT2D eigenvalue weighted by atomic mass is 16.5. The van der Waals surface area contributed by atoms with Crippen LogP contribution in [0.1, 0.15) is 40.7 Å². The normalized spacial score (nSPS) is 16.1. The van der Waals surface area contributed by atoms with Crippen molar-refractivity contribution in [1.82, 2.24) is 15.2 Å². The van der Waals surface area contributed by atoms with E-state index in [0.717, 1.165) is 40.4 Å². The minimum Gasteiger partial charge on any atom is -0.457 e. The first kappa shape index (κ1) is 20.1. The molecule has 5 nitrogen and oxygen atoms in total. The molecule has 2 aliphatic heterocycles. The van der Waals surface area contributed by atoms with Crippen LogP contribution in [-0.4, -0.2) is 28.9 Å². The monoisotopic (exact) mass is 437 g/mol. The number of fused-ring (bicyclic) bond motifs is 2. The molecule has 1 aromatic heterocycles. The molecule has 6 rings (SSSR count). The standard InChI is InChI=1S/C28H27N3O2/c32-28-27-22(10-12-26(23(27)17-29-28)33-21-7-3-1-4-8-21)25-16-20-15-19(9-11-24(20)30-25)18-31-13-5-2-6-14-31/h1,3-4,7-12,15-16,30H,2,5-6,13-14,17-18H2,(H,29,32). The summed E-state index contributed by atoms with van der Waals surface area (Å²) in [6, 6.07) is 22.4. The fourth-order valence-corrected chi connectivity index (χ4v) is 5.06. The Morgan fingerprint density at radius 1 is 0.909 bits per heavy atom. The molecule has 0 saturated carbocycles. The Kier molecular flexibility index (Phi) is 5.11. The third-order valence-corrected chi connectivity index (χ3v) is 6.72. The van der Waals surface area contributed by atoms with Gasteiger partial charge in [-0.05, 0) is 74.0 Å². The van der Waals surface area contributed by atoms with Crippen LogP contribution in [-0.2, 0) is 13.1 Å². The summed E-state index contributed by atoms with van der Waals surface area (Å²) < 4.78 is 6.10. The summed E-state index contributed by atoms with van der Waals surface area (Å²) in [5, 5.41) is 4.15. The van der Waals surface area contributed by atoms with E-state index in [-0.39, 0.29) is 5.91 Å². The zero-order valence-electron chi connectivity index (χ0n) is 18.6. The molecule has 0 atom stereocenters. The summed E-state index contributed by atoms with van der Waals surface area (Å²) in [5.74, 6) is 1.43. The minimum absolute atomic E-state index is 0.0528. The molecule has 1 fully saturated rings. The molecule has 3 heterocycles. The lowest BCUT2D eigenvalue weighted by molar-refractivity contribution is 0.0966. The average molecular weight is 438 g/mol. The number of rotatable bonds is 5. The first-order chi connectivity index (χ1) is 16.2. The van der Waals surface area contributed by atoms with Gasteiger partial charge in [-0.1, -0.05) is 30.7 Å². The summed E-state index contributed by atoms with van der Waals surface area (Å²) in [7, 11) is 0. The van der Waals surface area contributed by atoms with Gasteiger partial charge in [0.15, 0.2) is 0 Å². The maximum absolute atomic E-state index is 12.8. The van der Waals surface area contributed by atoms with Crippen molar-refractivity contribution in [2.75, 3.05) is 13.1 Å². The van der Waals surface area contributed by atoms with Crippen molar-refractivity contribution in [1.29, 1.82) is 0 Å². The number of piperidine rings is 1. The van der Waals surface area contributed by atoms with Crippen LogP contribution in [0.3, 0.4) is 0 Å². The molecule has 0 radical (unpaired) electrons. The van der Waals surface area contributed by atoms with Crippen molar-refractivity contribution in [3.8, 4) is 22.8 Å². The van der Waals surface area contributed by atoms with E-state index in [9.17, 15) is 4.79 Å². The van der Waals surface area contributed by atoms with Crippen LogP contribution in [0.5, 0.6) is 11.5 Å². The fraction of sp³-hybridized carbons (Fsp3) is 0.250. The summed E-state index contributed by atoms with van der Waals surface area (Å²) in [6.07, 6.45) is 3.95. The Hall–Kier alpha value is -3.57. The van der Waals surface area contributed by atoms with Gasteiger partial charge < -0.3 is 15.0 Å². The minimum atomic E-state index is -0.0528. The van der Waals surface area contributed by atoms with E-state index in [1.165, 1.54) is 43.3 Å². The van der Waals surface area contributed by atoms with Gasteiger partial charge in [-0.25, -0.2) is 0 Å². The van der Waals surface area contributed by atoms with Gasteiger partial charge in [-0.3, -0.25) is 9.69 Å². The topological polar surface area (TPSA) is 57.4 Å². The van der Waals surface area contributed by atoms with Crippen LogP contribution in [0.25, 0.3) is 22.2 Å². The number of nitrogens with zero attached hydrogens (tertiary/aromatic N) is 1. The van der Waals surface area contributed by atoms with Crippen LogP contribution in [0.2, 0.25) is 0 Å². The van der Waals surface area contributed by atoms with Crippen molar-refractivity contribution in [3.05, 3.63) is 83.4 Å². The maximum Gasteiger partial charge on any atom is 0.252 e. The molecule has 0 unspecified atom stereocenters. The summed E-state index contributed by atoms with van der Waals surface area (Å²) in [5.41, 5.74) is 5.90. The predicted octanol–water partition coefficient (Wildman–Crippen LogP) is 5.86. The van der Waals surface area contributed by atoms with Gasteiger partial charge in [0.1, 0.15) is 11.5 Å². The number of hydrogen-bond acceptors (Lipinski definition) is 3.